The molecule has 0 aliphatic heterocycles. The predicted molar refractivity (Wildman–Crippen MR) is 135 cm³/mol. The summed E-state index contributed by atoms with van der Waals surface area (Å²) in [6.45, 7) is 16.9. The van der Waals surface area contributed by atoms with Gasteiger partial charge in [-0.3, -0.25) is 0 Å². The van der Waals surface area contributed by atoms with Gasteiger partial charge in [-0.25, -0.2) is 4.79 Å². The van der Waals surface area contributed by atoms with Gasteiger partial charge in [-0.1, -0.05) is 62.0 Å². The van der Waals surface area contributed by atoms with Gasteiger partial charge in [0.25, 0.3) is 0 Å². The van der Waals surface area contributed by atoms with E-state index in [9.17, 15) is 9.59 Å². The van der Waals surface area contributed by atoms with Crippen LogP contribution in [0.1, 0.15) is 67.2 Å². The number of nitrogens with one attached hydrogen (secondary N) is 1. The average molecular weight is 464 g/mol. The van der Waals surface area contributed by atoms with Gasteiger partial charge in [-0.2, -0.15) is 0 Å². The average Bonchev–Trinajstić information content (AvgIpc) is 2.78. The molecule has 0 fully saturated rings. The molecule has 1 amide bonds. The first-order valence-corrected chi connectivity index (χ1v) is 11.9. The fourth-order valence-electron chi connectivity index (χ4n) is 3.14. The standard InChI is InChI=1S/C27H45NO5/c1-8-17-32-27(30)28-19-23(5)14-12-10-11-13-21(3)18-22(4)15-16-26(24(6)20-29)33-25(7)31-9-2/h8,10-11,13,15,20,23-26H,1,9,12,14,16-19H2,2-7H3,(H,28,30)/b11-10+,21-13+,22-15+/t23-,24-,25?,26-/m0/s1. The van der Waals surface area contributed by atoms with Gasteiger partial charge >= 0.3 is 6.09 Å². The molecule has 6 heteroatoms. The summed E-state index contributed by atoms with van der Waals surface area (Å²) < 4.78 is 16.2. The number of allylic oxidation sites excluding steroid dienone is 5. The van der Waals surface area contributed by atoms with E-state index in [-0.39, 0.29) is 24.9 Å². The fourth-order valence-corrected chi connectivity index (χ4v) is 3.14. The number of ether oxygens (including phenoxy) is 3. The lowest BCUT2D eigenvalue weighted by atomic mass is 10.00. The van der Waals surface area contributed by atoms with Crippen LogP contribution in [0.3, 0.4) is 0 Å². The van der Waals surface area contributed by atoms with Gasteiger partial charge in [-0.05, 0) is 59.3 Å². The van der Waals surface area contributed by atoms with Gasteiger partial charge in [0.05, 0.1) is 6.10 Å². The Morgan fingerprint density at radius 3 is 2.52 bits per heavy atom. The van der Waals surface area contributed by atoms with E-state index in [0.29, 0.717) is 25.5 Å². The number of hydrogen-bond donors (Lipinski definition) is 1. The highest BCUT2D eigenvalue weighted by molar-refractivity contribution is 5.67. The molecule has 0 aromatic carbocycles. The van der Waals surface area contributed by atoms with Crippen molar-refractivity contribution < 1.29 is 23.8 Å². The largest absolute Gasteiger partial charge is 0.445 e. The SMILES string of the molecule is C=CCOC(=O)NC[C@@H](C)CC/C=C/C=C(\C)C/C(C)=C/C[C@H](OC(C)OCC)[C@@H](C)C=O. The minimum Gasteiger partial charge on any atom is -0.445 e. The molecule has 0 aromatic rings. The van der Waals surface area contributed by atoms with Crippen molar-refractivity contribution in [1.29, 1.82) is 0 Å². The summed E-state index contributed by atoms with van der Waals surface area (Å²) in [4.78, 5) is 22.7. The molecule has 0 bridgehead atoms. The van der Waals surface area contributed by atoms with E-state index in [1.54, 1.807) is 6.08 Å². The summed E-state index contributed by atoms with van der Waals surface area (Å²) in [5, 5.41) is 2.76. The van der Waals surface area contributed by atoms with Gasteiger partial charge in [-0.15, -0.1) is 0 Å². The third-order valence-corrected chi connectivity index (χ3v) is 5.10. The molecule has 0 saturated heterocycles. The summed E-state index contributed by atoms with van der Waals surface area (Å²) in [7, 11) is 0. The fraction of sp³-hybridized carbons (Fsp3) is 0.630. The summed E-state index contributed by atoms with van der Waals surface area (Å²) in [5.74, 6) is 0.183. The van der Waals surface area contributed by atoms with E-state index in [1.807, 2.05) is 20.8 Å². The lowest BCUT2D eigenvalue weighted by Gasteiger charge is -2.24. The number of aldehydes is 1. The van der Waals surface area contributed by atoms with Crippen LogP contribution in [0.25, 0.3) is 0 Å². The molecule has 0 aliphatic carbocycles. The normalized spacial score (nSPS) is 16.2. The number of carbonyl (C=O) groups is 2. The Bertz CT molecular complexity index is 653. The highest BCUT2D eigenvalue weighted by atomic mass is 16.7. The van der Waals surface area contributed by atoms with Gasteiger partial charge in [0.1, 0.15) is 12.9 Å². The van der Waals surface area contributed by atoms with Crippen LogP contribution in [-0.2, 0) is 19.0 Å². The van der Waals surface area contributed by atoms with Crippen molar-refractivity contribution in [3.8, 4) is 0 Å². The Balaban J connectivity index is 4.42. The minimum absolute atomic E-state index is 0.188. The molecule has 0 aromatic heterocycles. The lowest BCUT2D eigenvalue weighted by Crippen LogP contribution is -2.28. The Labute approximate surface area is 201 Å². The number of rotatable bonds is 18. The van der Waals surface area contributed by atoms with E-state index < -0.39 is 6.09 Å². The minimum atomic E-state index is -0.401. The van der Waals surface area contributed by atoms with Gasteiger partial charge < -0.3 is 24.3 Å². The van der Waals surface area contributed by atoms with E-state index >= 15 is 0 Å². The molecule has 188 valence electrons. The molecule has 0 spiro atoms. The zero-order valence-electron chi connectivity index (χ0n) is 21.5. The van der Waals surface area contributed by atoms with Crippen molar-refractivity contribution in [2.24, 2.45) is 11.8 Å². The molecule has 33 heavy (non-hydrogen) atoms. The van der Waals surface area contributed by atoms with Gasteiger partial charge in [0, 0.05) is 19.1 Å². The monoisotopic (exact) mass is 463 g/mol. The van der Waals surface area contributed by atoms with Crippen LogP contribution in [-0.4, -0.2) is 44.5 Å². The molecule has 0 heterocycles. The first kappa shape index (κ1) is 30.8. The highest BCUT2D eigenvalue weighted by Gasteiger charge is 2.19. The molecule has 0 saturated carbocycles. The smallest absolute Gasteiger partial charge is 0.407 e. The van der Waals surface area contributed by atoms with Gasteiger partial charge in [0.15, 0.2) is 6.29 Å². The zero-order chi connectivity index (χ0) is 25.1. The van der Waals surface area contributed by atoms with Crippen LogP contribution in [0.5, 0.6) is 0 Å². The van der Waals surface area contributed by atoms with Crippen LogP contribution < -0.4 is 5.32 Å². The van der Waals surface area contributed by atoms with Crippen molar-refractivity contribution in [3.63, 3.8) is 0 Å². The molecule has 0 aliphatic rings. The lowest BCUT2D eigenvalue weighted by molar-refractivity contribution is -0.168. The molecule has 4 atom stereocenters. The first-order valence-electron chi connectivity index (χ1n) is 11.9. The maximum absolute atomic E-state index is 11.4. The van der Waals surface area contributed by atoms with E-state index in [2.05, 4.69) is 57.0 Å². The van der Waals surface area contributed by atoms with E-state index in [0.717, 1.165) is 25.5 Å². The third kappa shape index (κ3) is 17.0. The zero-order valence-corrected chi connectivity index (χ0v) is 21.5. The van der Waals surface area contributed by atoms with Crippen LogP contribution >= 0.6 is 0 Å². The quantitative estimate of drug-likeness (QED) is 0.114. The van der Waals surface area contributed by atoms with E-state index in [4.69, 9.17) is 14.2 Å². The topological polar surface area (TPSA) is 73.9 Å². The van der Waals surface area contributed by atoms with Crippen molar-refractivity contribution in [3.05, 3.63) is 48.1 Å². The molecule has 0 radical (unpaired) electrons. The Kier molecular flexibility index (Phi) is 18.0. The van der Waals surface area contributed by atoms with Crippen LogP contribution in [0, 0.1) is 11.8 Å². The predicted octanol–water partition coefficient (Wildman–Crippen LogP) is 6.15. The summed E-state index contributed by atoms with van der Waals surface area (Å²) in [5.41, 5.74) is 2.51. The second-order valence-corrected chi connectivity index (χ2v) is 8.55. The van der Waals surface area contributed by atoms with Crippen LogP contribution in [0.2, 0.25) is 0 Å². The molecule has 1 unspecified atom stereocenters. The Morgan fingerprint density at radius 2 is 1.88 bits per heavy atom. The third-order valence-electron chi connectivity index (χ3n) is 5.10. The number of amides is 1. The molecular weight excluding hydrogens is 418 g/mol. The Morgan fingerprint density at radius 1 is 1.15 bits per heavy atom. The summed E-state index contributed by atoms with van der Waals surface area (Å²) >= 11 is 0. The molecule has 6 nitrogen and oxygen atoms in total. The second kappa shape index (κ2) is 19.3. The van der Waals surface area contributed by atoms with Crippen LogP contribution in [0.4, 0.5) is 4.79 Å². The van der Waals surface area contributed by atoms with Gasteiger partial charge in [0.2, 0.25) is 0 Å². The number of carbonyl (C=O) groups excluding carboxylic acids is 2. The Hall–Kier alpha value is -2.18. The summed E-state index contributed by atoms with van der Waals surface area (Å²) in [6, 6.07) is 0. The maximum Gasteiger partial charge on any atom is 0.407 e. The van der Waals surface area contributed by atoms with Crippen molar-refractivity contribution in [1.82, 2.24) is 5.32 Å². The van der Waals surface area contributed by atoms with Crippen molar-refractivity contribution in [2.75, 3.05) is 19.8 Å². The number of hydrogen-bond acceptors (Lipinski definition) is 5. The molecule has 1 N–H and O–H groups in total. The van der Waals surface area contributed by atoms with Crippen molar-refractivity contribution >= 4 is 12.4 Å². The van der Waals surface area contributed by atoms with E-state index in [1.165, 1.54) is 11.1 Å². The van der Waals surface area contributed by atoms with Crippen LogP contribution in [0.15, 0.2) is 48.1 Å². The second-order valence-electron chi connectivity index (χ2n) is 8.55. The molecule has 0 rings (SSSR count). The summed E-state index contributed by atoms with van der Waals surface area (Å²) in [6.07, 6.45) is 13.6. The maximum atomic E-state index is 11.4. The molecular formula is C27H45NO5. The van der Waals surface area contributed by atoms with Crippen molar-refractivity contribution in [2.45, 2.75) is 79.6 Å². The number of alkyl carbamates (subject to hydrolysis) is 1. The first-order chi connectivity index (χ1) is 15.7. The highest BCUT2D eigenvalue weighted by Crippen LogP contribution is 2.17.